The number of alkyl halides is 3. The van der Waals surface area contributed by atoms with Gasteiger partial charge in [0.25, 0.3) is 0 Å². The van der Waals surface area contributed by atoms with E-state index in [2.05, 4.69) is 10.3 Å². The van der Waals surface area contributed by atoms with Gasteiger partial charge in [0.1, 0.15) is 0 Å². The van der Waals surface area contributed by atoms with Crippen LogP contribution in [-0.4, -0.2) is 18.2 Å². The van der Waals surface area contributed by atoms with E-state index in [-0.39, 0.29) is 12.5 Å². The van der Waals surface area contributed by atoms with Crippen molar-refractivity contribution in [1.82, 2.24) is 10.3 Å². The number of halogens is 3. The number of aryl methyl sites for hydroxylation is 1. The lowest BCUT2D eigenvalue weighted by molar-refractivity contribution is -0.135. The highest BCUT2D eigenvalue weighted by atomic mass is 19.4. The molecule has 0 aliphatic heterocycles. The van der Waals surface area contributed by atoms with E-state index < -0.39 is 12.6 Å². The molecular weight excluding hydrogens is 229 g/mol. The zero-order chi connectivity index (χ0) is 12.9. The van der Waals surface area contributed by atoms with E-state index in [9.17, 15) is 13.2 Å². The van der Waals surface area contributed by atoms with Crippen LogP contribution >= 0.6 is 0 Å². The number of aromatic nitrogens is 1. The standard InChI is InChI=1S/C12H17F3N2/c1-9-5-7-17-8-10(9)11(16-2)4-3-6-12(13,14)15/h5,7-8,11,16H,3-4,6H2,1-2H3. The molecular formula is C12H17F3N2. The van der Waals surface area contributed by atoms with Crippen LogP contribution in [0.2, 0.25) is 0 Å². The van der Waals surface area contributed by atoms with Crippen molar-refractivity contribution >= 4 is 0 Å². The van der Waals surface area contributed by atoms with Crippen molar-refractivity contribution in [2.24, 2.45) is 0 Å². The predicted octanol–water partition coefficient (Wildman–Crippen LogP) is 3.38. The molecule has 0 spiro atoms. The van der Waals surface area contributed by atoms with Crippen molar-refractivity contribution in [3.8, 4) is 0 Å². The van der Waals surface area contributed by atoms with Crippen molar-refractivity contribution in [3.63, 3.8) is 0 Å². The fourth-order valence-corrected chi connectivity index (χ4v) is 1.80. The normalized spacial score (nSPS) is 13.7. The van der Waals surface area contributed by atoms with Crippen LogP contribution in [0.1, 0.15) is 36.4 Å². The molecule has 0 saturated carbocycles. The van der Waals surface area contributed by atoms with Crippen LogP contribution in [0.5, 0.6) is 0 Å². The van der Waals surface area contributed by atoms with Crippen LogP contribution in [0.15, 0.2) is 18.5 Å². The zero-order valence-corrected chi connectivity index (χ0v) is 10.0. The summed E-state index contributed by atoms with van der Waals surface area (Å²) in [6.07, 6.45) is -0.815. The van der Waals surface area contributed by atoms with E-state index in [0.717, 1.165) is 11.1 Å². The molecule has 1 unspecified atom stereocenters. The van der Waals surface area contributed by atoms with Gasteiger partial charge in [0, 0.05) is 24.9 Å². The third kappa shape index (κ3) is 4.73. The summed E-state index contributed by atoms with van der Waals surface area (Å²) in [5.74, 6) is 0. The Balaban J connectivity index is 2.58. The molecule has 1 N–H and O–H groups in total. The Bertz CT molecular complexity index is 350. The Labute approximate surface area is 99.3 Å². The Morgan fingerprint density at radius 3 is 2.65 bits per heavy atom. The molecule has 17 heavy (non-hydrogen) atoms. The van der Waals surface area contributed by atoms with Crippen molar-refractivity contribution in [2.45, 2.75) is 38.4 Å². The SMILES string of the molecule is CNC(CCCC(F)(F)F)c1cnccc1C. The molecule has 5 heteroatoms. The molecule has 0 aliphatic rings. The summed E-state index contributed by atoms with van der Waals surface area (Å²) in [5.41, 5.74) is 2.02. The second-order valence-corrected chi connectivity index (χ2v) is 4.08. The Morgan fingerprint density at radius 1 is 1.41 bits per heavy atom. The number of pyridine rings is 1. The van der Waals surface area contributed by atoms with Crippen LogP contribution in [0, 0.1) is 6.92 Å². The molecule has 0 bridgehead atoms. The van der Waals surface area contributed by atoms with Gasteiger partial charge in [0.2, 0.25) is 0 Å². The summed E-state index contributed by atoms with van der Waals surface area (Å²) in [4.78, 5) is 4.01. The molecule has 1 atom stereocenters. The molecule has 1 aromatic heterocycles. The minimum Gasteiger partial charge on any atom is -0.313 e. The lowest BCUT2D eigenvalue weighted by Gasteiger charge is -2.18. The summed E-state index contributed by atoms with van der Waals surface area (Å²) in [7, 11) is 1.75. The van der Waals surface area contributed by atoms with Crippen molar-refractivity contribution in [1.29, 1.82) is 0 Å². The summed E-state index contributed by atoms with van der Waals surface area (Å²) in [6.45, 7) is 1.94. The van der Waals surface area contributed by atoms with E-state index in [1.807, 2.05) is 13.0 Å². The van der Waals surface area contributed by atoms with Crippen molar-refractivity contribution < 1.29 is 13.2 Å². The number of nitrogens with zero attached hydrogens (tertiary/aromatic N) is 1. The van der Waals surface area contributed by atoms with Gasteiger partial charge in [-0.25, -0.2) is 0 Å². The van der Waals surface area contributed by atoms with E-state index in [4.69, 9.17) is 0 Å². The molecule has 1 rings (SSSR count). The minimum absolute atomic E-state index is 0.0638. The van der Waals surface area contributed by atoms with Gasteiger partial charge in [0.05, 0.1) is 0 Å². The Hall–Kier alpha value is -1.10. The first-order chi connectivity index (χ1) is 7.94. The van der Waals surface area contributed by atoms with Crippen molar-refractivity contribution in [3.05, 3.63) is 29.6 Å². The van der Waals surface area contributed by atoms with Crippen LogP contribution in [0.25, 0.3) is 0 Å². The molecule has 2 nitrogen and oxygen atoms in total. The smallest absolute Gasteiger partial charge is 0.313 e. The van der Waals surface area contributed by atoms with Gasteiger partial charge >= 0.3 is 6.18 Å². The van der Waals surface area contributed by atoms with E-state index in [0.29, 0.717) is 6.42 Å². The first kappa shape index (κ1) is 14.0. The molecule has 0 aliphatic carbocycles. The van der Waals surface area contributed by atoms with E-state index >= 15 is 0 Å². The van der Waals surface area contributed by atoms with Gasteiger partial charge in [-0.1, -0.05) is 0 Å². The maximum atomic E-state index is 12.1. The topological polar surface area (TPSA) is 24.9 Å². The lowest BCUT2D eigenvalue weighted by atomic mass is 9.99. The highest BCUT2D eigenvalue weighted by molar-refractivity contribution is 5.24. The second kappa shape index (κ2) is 6.00. The molecule has 0 aromatic carbocycles. The van der Waals surface area contributed by atoms with Gasteiger partial charge < -0.3 is 5.32 Å². The fourth-order valence-electron chi connectivity index (χ4n) is 1.80. The van der Waals surface area contributed by atoms with Gasteiger partial charge in [-0.05, 0) is 44.0 Å². The number of hydrogen-bond acceptors (Lipinski definition) is 2. The molecule has 1 aromatic rings. The molecule has 0 saturated heterocycles. The minimum atomic E-state index is -4.07. The lowest BCUT2D eigenvalue weighted by Crippen LogP contribution is -2.18. The summed E-state index contributed by atoms with van der Waals surface area (Å²) >= 11 is 0. The van der Waals surface area contributed by atoms with Crippen LogP contribution < -0.4 is 5.32 Å². The number of nitrogens with one attached hydrogen (secondary N) is 1. The van der Waals surface area contributed by atoms with Crippen LogP contribution in [-0.2, 0) is 0 Å². The average Bonchev–Trinajstić information content (AvgIpc) is 2.24. The van der Waals surface area contributed by atoms with Crippen LogP contribution in [0.3, 0.4) is 0 Å². The van der Waals surface area contributed by atoms with Crippen LogP contribution in [0.4, 0.5) is 13.2 Å². The van der Waals surface area contributed by atoms with Gasteiger partial charge in [-0.2, -0.15) is 13.2 Å². The predicted molar refractivity (Wildman–Crippen MR) is 60.7 cm³/mol. The summed E-state index contributed by atoms with van der Waals surface area (Å²) in [6, 6.07) is 1.80. The molecule has 0 radical (unpaired) electrons. The summed E-state index contributed by atoms with van der Waals surface area (Å²) in [5, 5.41) is 3.04. The third-order valence-electron chi connectivity index (χ3n) is 2.76. The van der Waals surface area contributed by atoms with Gasteiger partial charge in [-0.3, -0.25) is 4.98 Å². The Morgan fingerprint density at radius 2 is 2.12 bits per heavy atom. The second-order valence-electron chi connectivity index (χ2n) is 4.08. The monoisotopic (exact) mass is 246 g/mol. The first-order valence-corrected chi connectivity index (χ1v) is 5.58. The molecule has 0 amide bonds. The Kier molecular flexibility index (Phi) is 4.93. The zero-order valence-electron chi connectivity index (χ0n) is 10.0. The fraction of sp³-hybridized carbons (Fsp3) is 0.583. The van der Waals surface area contributed by atoms with Crippen molar-refractivity contribution in [2.75, 3.05) is 7.05 Å². The van der Waals surface area contributed by atoms with E-state index in [1.54, 1.807) is 19.4 Å². The highest BCUT2D eigenvalue weighted by Gasteiger charge is 2.26. The van der Waals surface area contributed by atoms with Gasteiger partial charge in [-0.15, -0.1) is 0 Å². The molecule has 0 fully saturated rings. The van der Waals surface area contributed by atoms with E-state index in [1.165, 1.54) is 0 Å². The maximum Gasteiger partial charge on any atom is 0.389 e. The van der Waals surface area contributed by atoms with Gasteiger partial charge in [0.15, 0.2) is 0 Å². The average molecular weight is 246 g/mol. The summed E-state index contributed by atoms with van der Waals surface area (Å²) < 4.78 is 36.2. The largest absolute Gasteiger partial charge is 0.389 e. The number of hydrogen-bond donors (Lipinski definition) is 1. The highest BCUT2D eigenvalue weighted by Crippen LogP contribution is 2.26. The quantitative estimate of drug-likeness (QED) is 0.861. The third-order valence-corrected chi connectivity index (χ3v) is 2.76. The number of rotatable bonds is 5. The first-order valence-electron chi connectivity index (χ1n) is 5.58. The molecule has 96 valence electrons. The molecule has 1 heterocycles. The maximum absolute atomic E-state index is 12.1.